The van der Waals surface area contributed by atoms with Crippen molar-refractivity contribution in [2.75, 3.05) is 6.54 Å². The molecular weight excluding hydrogens is 279 g/mol. The predicted octanol–water partition coefficient (Wildman–Crippen LogP) is 3.33. The van der Waals surface area contributed by atoms with Crippen molar-refractivity contribution in [2.24, 2.45) is 7.05 Å². The Labute approximate surface area is 121 Å². The van der Waals surface area contributed by atoms with Gasteiger partial charge in [0, 0.05) is 19.3 Å². The Balaban J connectivity index is 1.92. The van der Waals surface area contributed by atoms with Gasteiger partial charge in [-0.15, -0.1) is 0 Å². The van der Waals surface area contributed by atoms with Crippen LogP contribution in [0.15, 0.2) is 36.7 Å². The van der Waals surface area contributed by atoms with E-state index in [-0.39, 0.29) is 6.04 Å². The van der Waals surface area contributed by atoms with Gasteiger partial charge in [-0.3, -0.25) is 4.68 Å². The van der Waals surface area contributed by atoms with E-state index in [1.165, 1.54) is 12.1 Å². The second kappa shape index (κ2) is 6.30. The highest BCUT2D eigenvalue weighted by Gasteiger charge is 2.30. The third kappa shape index (κ3) is 4.32. The lowest BCUT2D eigenvalue weighted by Gasteiger charge is -2.16. The molecule has 1 unspecified atom stereocenters. The molecule has 3 nitrogen and oxygen atoms in total. The zero-order valence-corrected chi connectivity index (χ0v) is 12.0. The van der Waals surface area contributed by atoms with E-state index in [0.717, 1.165) is 18.1 Å². The van der Waals surface area contributed by atoms with Crippen LogP contribution in [0.1, 0.15) is 29.7 Å². The van der Waals surface area contributed by atoms with Crippen molar-refractivity contribution in [2.45, 2.75) is 25.6 Å². The summed E-state index contributed by atoms with van der Waals surface area (Å²) in [7, 11) is 1.85. The number of aryl methyl sites for hydroxylation is 1. The van der Waals surface area contributed by atoms with Gasteiger partial charge in [0.2, 0.25) is 0 Å². The number of rotatable bonds is 5. The highest BCUT2D eigenvalue weighted by Crippen LogP contribution is 2.30. The van der Waals surface area contributed by atoms with Crippen molar-refractivity contribution in [1.29, 1.82) is 0 Å². The summed E-state index contributed by atoms with van der Waals surface area (Å²) < 4.78 is 39.8. The van der Waals surface area contributed by atoms with Gasteiger partial charge in [0.15, 0.2) is 0 Å². The first-order valence-electron chi connectivity index (χ1n) is 6.74. The van der Waals surface area contributed by atoms with Gasteiger partial charge in [0.1, 0.15) is 0 Å². The van der Waals surface area contributed by atoms with Gasteiger partial charge >= 0.3 is 6.18 Å². The van der Waals surface area contributed by atoms with Crippen molar-refractivity contribution < 1.29 is 13.2 Å². The summed E-state index contributed by atoms with van der Waals surface area (Å²) in [5.41, 5.74) is 1.12. The van der Waals surface area contributed by atoms with Crippen molar-refractivity contribution in [3.63, 3.8) is 0 Å². The predicted molar refractivity (Wildman–Crippen MR) is 74.8 cm³/mol. The minimum absolute atomic E-state index is 0.135. The standard InChI is InChI=1S/C15H18F3N3/c1-11(19-7-6-12-9-20-21(2)10-12)13-4-3-5-14(8-13)15(16,17)18/h3-5,8-11,19H,6-7H2,1-2H3. The number of aromatic nitrogens is 2. The molecule has 1 aromatic carbocycles. The molecule has 6 heteroatoms. The van der Waals surface area contributed by atoms with Crippen molar-refractivity contribution >= 4 is 0 Å². The number of benzene rings is 1. The molecule has 0 bridgehead atoms. The number of hydrogen-bond acceptors (Lipinski definition) is 2. The summed E-state index contributed by atoms with van der Waals surface area (Å²) in [6, 6.07) is 5.30. The maximum atomic E-state index is 12.7. The molecule has 114 valence electrons. The van der Waals surface area contributed by atoms with Crippen LogP contribution in [0.4, 0.5) is 13.2 Å². The van der Waals surface area contributed by atoms with Gasteiger partial charge in [0.25, 0.3) is 0 Å². The lowest BCUT2D eigenvalue weighted by Crippen LogP contribution is -2.21. The Hall–Kier alpha value is -1.82. The van der Waals surface area contributed by atoms with E-state index in [2.05, 4.69) is 10.4 Å². The molecule has 0 aliphatic carbocycles. The van der Waals surface area contributed by atoms with Crippen LogP contribution in [0, 0.1) is 0 Å². The molecular formula is C15H18F3N3. The Morgan fingerprint density at radius 1 is 1.33 bits per heavy atom. The molecule has 0 aliphatic heterocycles. The summed E-state index contributed by atoms with van der Waals surface area (Å²) in [5, 5.41) is 7.31. The average molecular weight is 297 g/mol. The summed E-state index contributed by atoms with van der Waals surface area (Å²) in [6.07, 6.45) is 0.204. The Bertz CT molecular complexity index is 590. The second-order valence-electron chi connectivity index (χ2n) is 5.07. The topological polar surface area (TPSA) is 29.9 Å². The molecule has 0 saturated heterocycles. The maximum Gasteiger partial charge on any atom is 0.416 e. The lowest BCUT2D eigenvalue weighted by molar-refractivity contribution is -0.137. The first-order chi connectivity index (χ1) is 9.86. The quantitative estimate of drug-likeness (QED) is 0.917. The smallest absolute Gasteiger partial charge is 0.310 e. The second-order valence-corrected chi connectivity index (χ2v) is 5.07. The zero-order chi connectivity index (χ0) is 15.5. The van der Waals surface area contributed by atoms with Crippen LogP contribution in [0.25, 0.3) is 0 Å². The summed E-state index contributed by atoms with van der Waals surface area (Å²) >= 11 is 0. The number of alkyl halides is 3. The van der Waals surface area contributed by atoms with Crippen molar-refractivity contribution in [1.82, 2.24) is 15.1 Å². The van der Waals surface area contributed by atoms with Crippen LogP contribution in [0.5, 0.6) is 0 Å². The molecule has 2 rings (SSSR count). The van der Waals surface area contributed by atoms with E-state index in [4.69, 9.17) is 0 Å². The van der Waals surface area contributed by atoms with Gasteiger partial charge in [-0.05, 0) is 43.1 Å². The SMILES string of the molecule is CC(NCCc1cnn(C)c1)c1cccc(C(F)(F)F)c1. The van der Waals surface area contributed by atoms with E-state index in [9.17, 15) is 13.2 Å². The van der Waals surface area contributed by atoms with Crippen LogP contribution < -0.4 is 5.32 Å². The van der Waals surface area contributed by atoms with Gasteiger partial charge < -0.3 is 5.32 Å². The minimum atomic E-state index is -4.30. The zero-order valence-electron chi connectivity index (χ0n) is 12.0. The summed E-state index contributed by atoms with van der Waals surface area (Å²) in [5.74, 6) is 0. The molecule has 2 aromatic rings. The first kappa shape index (κ1) is 15.6. The van der Waals surface area contributed by atoms with E-state index in [1.807, 2.05) is 20.2 Å². The third-order valence-electron chi connectivity index (χ3n) is 3.34. The highest BCUT2D eigenvalue weighted by atomic mass is 19.4. The van der Waals surface area contributed by atoms with Crippen LogP contribution in [-0.4, -0.2) is 16.3 Å². The number of nitrogens with one attached hydrogen (secondary N) is 1. The molecule has 0 spiro atoms. The van der Waals surface area contributed by atoms with Gasteiger partial charge in [-0.2, -0.15) is 18.3 Å². The molecule has 0 fully saturated rings. The third-order valence-corrected chi connectivity index (χ3v) is 3.34. The summed E-state index contributed by atoms with van der Waals surface area (Å²) in [6.45, 7) is 2.54. The first-order valence-corrected chi connectivity index (χ1v) is 6.74. The normalized spacial score (nSPS) is 13.4. The van der Waals surface area contributed by atoms with Gasteiger partial charge in [-0.25, -0.2) is 0 Å². The van der Waals surface area contributed by atoms with Gasteiger partial charge in [0.05, 0.1) is 11.8 Å². The Kier molecular flexibility index (Phi) is 4.67. The van der Waals surface area contributed by atoms with Gasteiger partial charge in [-0.1, -0.05) is 12.1 Å². The fourth-order valence-corrected chi connectivity index (χ4v) is 2.14. The fraction of sp³-hybridized carbons (Fsp3) is 0.400. The summed E-state index contributed by atoms with van der Waals surface area (Å²) in [4.78, 5) is 0. The molecule has 0 amide bonds. The van der Waals surface area contributed by atoms with Crippen molar-refractivity contribution in [3.05, 3.63) is 53.3 Å². The largest absolute Gasteiger partial charge is 0.416 e. The van der Waals surface area contributed by atoms with Crippen LogP contribution >= 0.6 is 0 Å². The Morgan fingerprint density at radius 3 is 2.71 bits per heavy atom. The molecule has 1 heterocycles. The van der Waals surface area contributed by atoms with Crippen LogP contribution in [-0.2, 0) is 19.6 Å². The molecule has 0 radical (unpaired) electrons. The van der Waals surface area contributed by atoms with Crippen LogP contribution in [0.3, 0.4) is 0 Å². The molecule has 1 atom stereocenters. The van der Waals surface area contributed by atoms with E-state index in [1.54, 1.807) is 16.9 Å². The molecule has 1 N–H and O–H groups in total. The molecule has 0 saturated carbocycles. The number of nitrogens with zero attached hydrogens (tertiary/aromatic N) is 2. The van der Waals surface area contributed by atoms with E-state index >= 15 is 0 Å². The minimum Gasteiger partial charge on any atom is -0.310 e. The van der Waals surface area contributed by atoms with E-state index in [0.29, 0.717) is 12.1 Å². The molecule has 21 heavy (non-hydrogen) atoms. The van der Waals surface area contributed by atoms with E-state index < -0.39 is 11.7 Å². The van der Waals surface area contributed by atoms with Crippen molar-refractivity contribution in [3.8, 4) is 0 Å². The highest BCUT2D eigenvalue weighted by molar-refractivity contribution is 5.27. The fourth-order valence-electron chi connectivity index (χ4n) is 2.14. The molecule has 0 aliphatic rings. The molecule has 1 aromatic heterocycles. The Morgan fingerprint density at radius 2 is 2.10 bits per heavy atom. The number of halogens is 3. The lowest BCUT2D eigenvalue weighted by atomic mass is 10.0. The maximum absolute atomic E-state index is 12.7. The average Bonchev–Trinajstić information content (AvgIpc) is 2.83. The van der Waals surface area contributed by atoms with Crippen LogP contribution in [0.2, 0.25) is 0 Å². The monoisotopic (exact) mass is 297 g/mol. The number of hydrogen-bond donors (Lipinski definition) is 1.